The summed E-state index contributed by atoms with van der Waals surface area (Å²) in [6.45, 7) is 1.06. The molecule has 0 spiro atoms. The summed E-state index contributed by atoms with van der Waals surface area (Å²) >= 11 is 5.93. The van der Waals surface area contributed by atoms with Crippen LogP contribution in [0.4, 0.5) is 5.69 Å². The number of sulfonamides is 1. The van der Waals surface area contributed by atoms with E-state index in [1.54, 1.807) is 31.3 Å². The van der Waals surface area contributed by atoms with Gasteiger partial charge < -0.3 is 9.88 Å². The van der Waals surface area contributed by atoms with Crippen LogP contribution >= 0.6 is 11.6 Å². The second-order valence-corrected chi connectivity index (χ2v) is 8.83. The fourth-order valence-corrected chi connectivity index (χ4v) is 4.87. The lowest BCUT2D eigenvalue weighted by atomic mass is 10.2. The molecule has 1 N–H and O–H groups in total. The summed E-state index contributed by atoms with van der Waals surface area (Å²) in [6, 6.07) is 8.24. The van der Waals surface area contributed by atoms with Crippen LogP contribution in [0.2, 0.25) is 5.02 Å². The first-order valence-corrected chi connectivity index (χ1v) is 10.4. The van der Waals surface area contributed by atoms with Gasteiger partial charge in [0, 0.05) is 37.0 Å². The van der Waals surface area contributed by atoms with Crippen LogP contribution in [-0.2, 0) is 17.1 Å². The molecule has 0 radical (unpaired) electrons. The fourth-order valence-electron chi connectivity index (χ4n) is 3.09. The van der Waals surface area contributed by atoms with Crippen molar-refractivity contribution in [1.82, 2.24) is 8.87 Å². The molecule has 2 aromatic rings. The number of benzene rings is 1. The van der Waals surface area contributed by atoms with Gasteiger partial charge in [0.25, 0.3) is 5.91 Å². The Morgan fingerprint density at radius 3 is 2.46 bits per heavy atom. The van der Waals surface area contributed by atoms with Crippen LogP contribution in [0.3, 0.4) is 0 Å². The number of aryl methyl sites for hydroxylation is 1. The number of amides is 1. The lowest BCUT2D eigenvalue weighted by Gasteiger charge is -2.18. The van der Waals surface area contributed by atoms with Crippen LogP contribution in [-0.4, -0.2) is 36.3 Å². The molecule has 3 rings (SSSR count). The van der Waals surface area contributed by atoms with E-state index in [4.69, 9.17) is 11.6 Å². The van der Waals surface area contributed by atoms with Crippen molar-refractivity contribution in [3.63, 3.8) is 0 Å². The van der Waals surface area contributed by atoms with E-state index in [1.165, 1.54) is 21.1 Å². The number of hydrogen-bond donors (Lipinski definition) is 1. The first-order valence-electron chi connectivity index (χ1n) is 8.61. The van der Waals surface area contributed by atoms with Gasteiger partial charge >= 0.3 is 0 Å². The number of rotatable bonds is 4. The fraction of sp³-hybridized carbons (Fsp3) is 0.389. The minimum absolute atomic E-state index is 0.151. The van der Waals surface area contributed by atoms with Gasteiger partial charge in [-0.1, -0.05) is 30.5 Å². The van der Waals surface area contributed by atoms with Gasteiger partial charge in [-0.25, -0.2) is 8.42 Å². The van der Waals surface area contributed by atoms with Gasteiger partial charge in [0.05, 0.1) is 0 Å². The molecule has 8 heteroatoms. The van der Waals surface area contributed by atoms with Crippen molar-refractivity contribution in [2.24, 2.45) is 7.05 Å². The Kier molecular flexibility index (Phi) is 5.70. The molecule has 1 amide bonds. The summed E-state index contributed by atoms with van der Waals surface area (Å²) in [5.41, 5.74) is 0.832. The van der Waals surface area contributed by atoms with Crippen molar-refractivity contribution in [2.45, 2.75) is 30.6 Å². The van der Waals surface area contributed by atoms with Crippen LogP contribution in [0.1, 0.15) is 36.2 Å². The summed E-state index contributed by atoms with van der Waals surface area (Å²) in [4.78, 5) is 12.7. The van der Waals surface area contributed by atoms with E-state index in [2.05, 4.69) is 5.32 Å². The third-order valence-corrected chi connectivity index (χ3v) is 6.60. The highest BCUT2D eigenvalue weighted by atomic mass is 35.5. The Bertz CT molecular complexity index is 900. The zero-order valence-corrected chi connectivity index (χ0v) is 16.2. The number of nitrogens with zero attached hydrogens (tertiary/aromatic N) is 2. The Labute approximate surface area is 158 Å². The van der Waals surface area contributed by atoms with Gasteiger partial charge in [0.15, 0.2) is 0 Å². The monoisotopic (exact) mass is 395 g/mol. The second kappa shape index (κ2) is 7.82. The first kappa shape index (κ1) is 18.9. The summed E-state index contributed by atoms with van der Waals surface area (Å²) in [7, 11) is -1.93. The SMILES string of the molecule is Cn1cc(S(=O)(=O)N2CCCCCC2)cc1C(=O)Nc1cccc(Cl)c1. The molecule has 1 aromatic carbocycles. The highest BCUT2D eigenvalue weighted by Gasteiger charge is 2.27. The predicted molar refractivity (Wildman–Crippen MR) is 102 cm³/mol. The maximum atomic E-state index is 12.9. The minimum Gasteiger partial charge on any atom is -0.345 e. The zero-order valence-electron chi connectivity index (χ0n) is 14.6. The molecule has 140 valence electrons. The molecule has 0 saturated carbocycles. The van der Waals surface area contributed by atoms with Gasteiger partial charge in [-0.2, -0.15) is 4.31 Å². The van der Waals surface area contributed by atoms with E-state index in [-0.39, 0.29) is 16.5 Å². The normalized spacial score (nSPS) is 16.2. The molecule has 0 atom stereocenters. The molecule has 0 aliphatic carbocycles. The number of aromatic nitrogens is 1. The topological polar surface area (TPSA) is 71.4 Å². The van der Waals surface area contributed by atoms with Crippen molar-refractivity contribution >= 4 is 33.2 Å². The molecular formula is C18H22ClN3O3S. The predicted octanol–water partition coefficient (Wildman–Crippen LogP) is 3.50. The van der Waals surface area contributed by atoms with Gasteiger partial charge in [0.1, 0.15) is 10.6 Å². The van der Waals surface area contributed by atoms with Crippen molar-refractivity contribution in [3.8, 4) is 0 Å². The summed E-state index contributed by atoms with van der Waals surface area (Å²) in [5.74, 6) is -0.382. The summed E-state index contributed by atoms with van der Waals surface area (Å²) in [6.07, 6.45) is 5.33. The quantitative estimate of drug-likeness (QED) is 0.861. The number of anilines is 1. The molecule has 6 nitrogen and oxygen atoms in total. The molecule has 2 heterocycles. The number of nitrogens with one attached hydrogen (secondary N) is 1. The van der Waals surface area contributed by atoms with Crippen molar-refractivity contribution in [1.29, 1.82) is 0 Å². The summed E-state index contributed by atoms with van der Waals surface area (Å²) < 4.78 is 28.8. The van der Waals surface area contributed by atoms with Crippen LogP contribution in [0.25, 0.3) is 0 Å². The smallest absolute Gasteiger partial charge is 0.272 e. The third-order valence-electron chi connectivity index (χ3n) is 4.50. The number of halogens is 1. The van der Waals surface area contributed by atoms with E-state index < -0.39 is 10.0 Å². The molecule has 1 saturated heterocycles. The molecule has 1 fully saturated rings. The number of carbonyl (C=O) groups is 1. The Morgan fingerprint density at radius 1 is 1.12 bits per heavy atom. The van der Waals surface area contributed by atoms with Gasteiger partial charge in [-0.3, -0.25) is 4.79 Å². The van der Waals surface area contributed by atoms with Crippen LogP contribution < -0.4 is 5.32 Å². The zero-order chi connectivity index (χ0) is 18.7. The lowest BCUT2D eigenvalue weighted by molar-refractivity contribution is 0.101. The summed E-state index contributed by atoms with van der Waals surface area (Å²) in [5, 5.41) is 3.25. The van der Waals surface area contributed by atoms with Crippen LogP contribution in [0.15, 0.2) is 41.4 Å². The molecule has 26 heavy (non-hydrogen) atoms. The Morgan fingerprint density at radius 2 is 1.81 bits per heavy atom. The van der Waals surface area contributed by atoms with Crippen LogP contribution in [0.5, 0.6) is 0 Å². The van der Waals surface area contributed by atoms with Gasteiger partial charge in [-0.15, -0.1) is 0 Å². The first-order chi connectivity index (χ1) is 12.4. The Balaban J connectivity index is 1.82. The number of hydrogen-bond acceptors (Lipinski definition) is 3. The second-order valence-electron chi connectivity index (χ2n) is 6.45. The standard InChI is InChI=1S/C18H22ClN3O3S/c1-21-13-16(26(24,25)22-9-4-2-3-5-10-22)12-17(21)18(23)20-15-8-6-7-14(19)11-15/h6-8,11-13H,2-5,9-10H2,1H3,(H,20,23). The van der Waals surface area contributed by atoms with E-state index in [1.807, 2.05) is 0 Å². The van der Waals surface area contributed by atoms with Crippen LogP contribution in [0, 0.1) is 0 Å². The average Bonchev–Trinajstić information content (AvgIpc) is 2.81. The Hall–Kier alpha value is -1.83. The van der Waals surface area contributed by atoms with E-state index >= 15 is 0 Å². The third kappa shape index (κ3) is 4.11. The van der Waals surface area contributed by atoms with E-state index in [0.29, 0.717) is 23.8 Å². The lowest BCUT2D eigenvalue weighted by Crippen LogP contribution is -2.31. The minimum atomic E-state index is -3.59. The molecule has 1 aliphatic heterocycles. The molecule has 0 bridgehead atoms. The van der Waals surface area contributed by atoms with Crippen molar-refractivity contribution in [3.05, 3.63) is 47.2 Å². The molecule has 1 aliphatic rings. The molecule has 1 aromatic heterocycles. The van der Waals surface area contributed by atoms with Gasteiger partial charge in [-0.05, 0) is 37.1 Å². The highest BCUT2D eigenvalue weighted by molar-refractivity contribution is 7.89. The largest absolute Gasteiger partial charge is 0.345 e. The van der Waals surface area contributed by atoms with Crippen molar-refractivity contribution < 1.29 is 13.2 Å². The molecular weight excluding hydrogens is 374 g/mol. The van der Waals surface area contributed by atoms with Crippen molar-refractivity contribution in [2.75, 3.05) is 18.4 Å². The van der Waals surface area contributed by atoms with E-state index in [9.17, 15) is 13.2 Å². The maximum absolute atomic E-state index is 12.9. The number of carbonyl (C=O) groups excluding carboxylic acids is 1. The van der Waals surface area contributed by atoms with Gasteiger partial charge in [0.2, 0.25) is 10.0 Å². The van der Waals surface area contributed by atoms with E-state index in [0.717, 1.165) is 25.7 Å². The highest BCUT2D eigenvalue weighted by Crippen LogP contribution is 2.23. The average molecular weight is 396 g/mol. The molecule has 0 unspecified atom stereocenters. The maximum Gasteiger partial charge on any atom is 0.272 e.